The number of aryl methyl sites for hydroxylation is 1. The number of nitrogens with zero attached hydrogens (tertiary/aromatic N) is 5. The van der Waals surface area contributed by atoms with Crippen LogP contribution in [0.5, 0.6) is 0 Å². The molecule has 0 atom stereocenters. The molecule has 0 amide bonds. The SMILES string of the molecule is C=C(c1ccccc1-c1ccccc1C)n1c2ccccc2c2ccc3c4ccccc4n(-c4nc(-c5ccccc5)nc(-c5ccccc5)n4)c3c21. The van der Waals surface area contributed by atoms with E-state index in [1.165, 1.54) is 11.1 Å². The van der Waals surface area contributed by atoms with E-state index >= 15 is 0 Å². The Hall–Kier alpha value is -7.11. The Kier molecular flexibility index (Phi) is 7.12. The second kappa shape index (κ2) is 12.3. The van der Waals surface area contributed by atoms with Crippen LogP contribution in [0.25, 0.3) is 89.2 Å². The topological polar surface area (TPSA) is 48.5 Å². The number of hydrogen-bond donors (Lipinski definition) is 0. The molecule has 10 rings (SSSR count). The van der Waals surface area contributed by atoms with E-state index in [2.05, 4.69) is 125 Å². The van der Waals surface area contributed by atoms with Crippen molar-refractivity contribution in [2.24, 2.45) is 0 Å². The molecular formula is C48H33N5. The van der Waals surface area contributed by atoms with Crippen LogP contribution in [0.2, 0.25) is 0 Å². The van der Waals surface area contributed by atoms with Crippen LogP contribution in [0.1, 0.15) is 11.1 Å². The average molecular weight is 680 g/mol. The molecule has 0 fully saturated rings. The van der Waals surface area contributed by atoms with Crippen molar-refractivity contribution in [3.8, 4) is 39.9 Å². The third-order valence-electron chi connectivity index (χ3n) is 10.3. The molecule has 0 radical (unpaired) electrons. The molecule has 5 nitrogen and oxygen atoms in total. The zero-order valence-corrected chi connectivity index (χ0v) is 29.1. The number of hydrogen-bond acceptors (Lipinski definition) is 3. The van der Waals surface area contributed by atoms with E-state index in [1.54, 1.807) is 0 Å². The van der Waals surface area contributed by atoms with E-state index in [9.17, 15) is 0 Å². The van der Waals surface area contributed by atoms with Crippen molar-refractivity contribution in [2.75, 3.05) is 0 Å². The first-order valence-corrected chi connectivity index (χ1v) is 17.8. The Balaban J connectivity index is 1.34. The lowest BCUT2D eigenvalue weighted by atomic mass is 9.94. The summed E-state index contributed by atoms with van der Waals surface area (Å²) >= 11 is 0. The molecule has 10 aromatic rings. The minimum atomic E-state index is 0.555. The molecule has 0 aliphatic heterocycles. The molecule has 0 saturated carbocycles. The zero-order chi connectivity index (χ0) is 35.5. The Morgan fingerprint density at radius 1 is 0.453 bits per heavy atom. The summed E-state index contributed by atoms with van der Waals surface area (Å²) < 4.78 is 4.57. The second-order valence-electron chi connectivity index (χ2n) is 13.4. The summed E-state index contributed by atoms with van der Waals surface area (Å²) in [4.78, 5) is 15.5. The van der Waals surface area contributed by atoms with Gasteiger partial charge in [0.25, 0.3) is 0 Å². The van der Waals surface area contributed by atoms with Gasteiger partial charge in [0, 0.05) is 43.9 Å². The van der Waals surface area contributed by atoms with Crippen molar-refractivity contribution in [3.63, 3.8) is 0 Å². The van der Waals surface area contributed by atoms with Crippen molar-refractivity contribution in [3.05, 3.63) is 188 Å². The predicted molar refractivity (Wildman–Crippen MR) is 219 cm³/mol. The molecule has 7 aromatic carbocycles. The van der Waals surface area contributed by atoms with Crippen molar-refractivity contribution >= 4 is 49.3 Å². The molecule has 0 aliphatic rings. The largest absolute Gasteiger partial charge is 0.307 e. The van der Waals surface area contributed by atoms with E-state index < -0.39 is 0 Å². The maximum Gasteiger partial charge on any atom is 0.238 e. The molecule has 0 N–H and O–H groups in total. The highest BCUT2D eigenvalue weighted by molar-refractivity contribution is 6.24. The lowest BCUT2D eigenvalue weighted by Crippen LogP contribution is -2.07. The fourth-order valence-electron chi connectivity index (χ4n) is 7.85. The standard InChI is InChI=1S/C48H33N5/c1-31-17-9-10-22-35(31)37-24-12-11-23-36(37)32(2)52-42-27-15-13-25-38(42)40-29-30-41-39-26-14-16-28-43(39)53(45(41)44(40)52)48-50-46(33-18-5-3-6-19-33)49-47(51-48)34-20-7-4-8-21-34/h3-30H,2H2,1H3. The lowest BCUT2D eigenvalue weighted by Gasteiger charge is -2.18. The maximum absolute atomic E-state index is 5.24. The number of fused-ring (bicyclic) bond motifs is 7. The van der Waals surface area contributed by atoms with E-state index in [-0.39, 0.29) is 0 Å². The van der Waals surface area contributed by atoms with Crippen molar-refractivity contribution in [1.82, 2.24) is 24.1 Å². The Morgan fingerprint density at radius 3 is 1.62 bits per heavy atom. The molecule has 3 heterocycles. The van der Waals surface area contributed by atoms with E-state index in [0.29, 0.717) is 17.6 Å². The molecule has 0 bridgehead atoms. The number of benzene rings is 7. The maximum atomic E-state index is 5.24. The second-order valence-corrected chi connectivity index (χ2v) is 13.4. The molecule has 250 valence electrons. The average Bonchev–Trinajstić information content (AvgIpc) is 3.74. The van der Waals surface area contributed by atoms with Gasteiger partial charge in [-0.05, 0) is 35.7 Å². The van der Waals surface area contributed by atoms with E-state index in [4.69, 9.17) is 21.5 Å². The van der Waals surface area contributed by atoms with Crippen LogP contribution in [-0.4, -0.2) is 24.1 Å². The fourth-order valence-corrected chi connectivity index (χ4v) is 7.85. The third-order valence-corrected chi connectivity index (χ3v) is 10.3. The highest BCUT2D eigenvalue weighted by Gasteiger charge is 2.24. The van der Waals surface area contributed by atoms with Crippen LogP contribution in [0.3, 0.4) is 0 Å². The number of aromatic nitrogens is 5. The van der Waals surface area contributed by atoms with Crippen LogP contribution in [0.4, 0.5) is 0 Å². The highest BCUT2D eigenvalue weighted by Crippen LogP contribution is 2.43. The predicted octanol–water partition coefficient (Wildman–Crippen LogP) is 11.9. The van der Waals surface area contributed by atoms with Gasteiger partial charge in [0.2, 0.25) is 5.95 Å². The molecule has 0 aliphatic carbocycles. The first kappa shape index (κ1) is 30.7. The summed E-state index contributed by atoms with van der Waals surface area (Å²) in [7, 11) is 0. The van der Waals surface area contributed by atoms with Crippen LogP contribution in [0.15, 0.2) is 176 Å². The fraction of sp³-hybridized carbons (Fsp3) is 0.0208. The van der Waals surface area contributed by atoms with E-state index in [1.807, 2.05) is 60.7 Å². The van der Waals surface area contributed by atoms with Gasteiger partial charge in [0.15, 0.2) is 11.6 Å². The highest BCUT2D eigenvalue weighted by atomic mass is 15.2. The molecule has 3 aromatic heterocycles. The van der Waals surface area contributed by atoms with Gasteiger partial charge in [-0.15, -0.1) is 0 Å². The van der Waals surface area contributed by atoms with Crippen LogP contribution in [0, 0.1) is 6.92 Å². The monoisotopic (exact) mass is 679 g/mol. The Bertz CT molecular complexity index is 2970. The third kappa shape index (κ3) is 4.89. The minimum absolute atomic E-state index is 0.555. The number of para-hydroxylation sites is 2. The molecule has 0 saturated heterocycles. The van der Waals surface area contributed by atoms with Gasteiger partial charge in [-0.2, -0.15) is 9.97 Å². The van der Waals surface area contributed by atoms with E-state index in [0.717, 1.165) is 71.6 Å². The summed E-state index contributed by atoms with van der Waals surface area (Å²) in [5.74, 6) is 1.79. The summed E-state index contributed by atoms with van der Waals surface area (Å²) in [5.41, 5.74) is 11.5. The van der Waals surface area contributed by atoms with Gasteiger partial charge in [-0.3, -0.25) is 4.57 Å². The summed E-state index contributed by atoms with van der Waals surface area (Å²) in [5, 5.41) is 4.52. The molecule has 0 spiro atoms. The Morgan fingerprint density at radius 2 is 0.962 bits per heavy atom. The smallest absolute Gasteiger partial charge is 0.238 e. The van der Waals surface area contributed by atoms with Gasteiger partial charge >= 0.3 is 0 Å². The van der Waals surface area contributed by atoms with Crippen molar-refractivity contribution < 1.29 is 0 Å². The first-order chi connectivity index (χ1) is 26.2. The first-order valence-electron chi connectivity index (χ1n) is 17.8. The minimum Gasteiger partial charge on any atom is -0.307 e. The Labute approximate surface area is 306 Å². The summed E-state index contributed by atoms with van der Waals surface area (Å²) in [6.07, 6.45) is 0. The lowest BCUT2D eigenvalue weighted by molar-refractivity contribution is 0.954. The summed E-state index contributed by atoms with van der Waals surface area (Å²) in [6, 6.07) is 59.1. The molecule has 5 heteroatoms. The van der Waals surface area contributed by atoms with Crippen molar-refractivity contribution in [1.29, 1.82) is 0 Å². The van der Waals surface area contributed by atoms with Crippen LogP contribution >= 0.6 is 0 Å². The van der Waals surface area contributed by atoms with Crippen LogP contribution in [-0.2, 0) is 0 Å². The number of rotatable bonds is 6. The molecular weight excluding hydrogens is 647 g/mol. The summed E-state index contributed by atoms with van der Waals surface area (Å²) in [6.45, 7) is 7.03. The van der Waals surface area contributed by atoms with Gasteiger partial charge in [-0.25, -0.2) is 4.98 Å². The zero-order valence-electron chi connectivity index (χ0n) is 29.1. The van der Waals surface area contributed by atoms with Gasteiger partial charge in [-0.1, -0.05) is 164 Å². The van der Waals surface area contributed by atoms with Gasteiger partial charge in [0.05, 0.1) is 22.1 Å². The molecule has 53 heavy (non-hydrogen) atoms. The quantitative estimate of drug-likeness (QED) is 0.176. The van der Waals surface area contributed by atoms with Crippen molar-refractivity contribution in [2.45, 2.75) is 6.92 Å². The normalized spacial score (nSPS) is 11.6. The van der Waals surface area contributed by atoms with Gasteiger partial charge in [0.1, 0.15) is 0 Å². The van der Waals surface area contributed by atoms with Gasteiger partial charge < -0.3 is 4.57 Å². The molecule has 0 unspecified atom stereocenters. The van der Waals surface area contributed by atoms with Crippen LogP contribution < -0.4 is 0 Å².